The summed E-state index contributed by atoms with van der Waals surface area (Å²) in [5.74, 6) is 0.982. The summed E-state index contributed by atoms with van der Waals surface area (Å²) >= 11 is 3.16. The van der Waals surface area contributed by atoms with Crippen LogP contribution in [0.5, 0.6) is 0 Å². The van der Waals surface area contributed by atoms with Crippen molar-refractivity contribution in [2.24, 2.45) is 5.73 Å². The molecule has 5 aromatic rings. The van der Waals surface area contributed by atoms with Crippen LogP contribution in [0.25, 0.3) is 27.6 Å². The quantitative estimate of drug-likeness (QED) is 0.321. The van der Waals surface area contributed by atoms with E-state index in [0.29, 0.717) is 11.3 Å². The van der Waals surface area contributed by atoms with Gasteiger partial charge in [0.15, 0.2) is 11.0 Å². The summed E-state index contributed by atoms with van der Waals surface area (Å²) in [6.45, 7) is 2.08. The van der Waals surface area contributed by atoms with Gasteiger partial charge in [0.25, 0.3) is 0 Å². The average Bonchev–Trinajstić information content (AvgIpc) is 3.51. The number of benzene rings is 2. The second-order valence-electron chi connectivity index (χ2n) is 7.54. The van der Waals surface area contributed by atoms with Crippen LogP contribution >= 0.6 is 23.1 Å². The molecule has 2 N–H and O–H groups in total. The van der Waals surface area contributed by atoms with Gasteiger partial charge in [0.2, 0.25) is 5.91 Å². The number of carbonyl (C=O) groups is 1. The molecule has 9 heteroatoms. The Kier molecular flexibility index (Phi) is 6.20. The van der Waals surface area contributed by atoms with Gasteiger partial charge in [-0.15, -0.1) is 21.5 Å². The van der Waals surface area contributed by atoms with Gasteiger partial charge in [-0.2, -0.15) is 0 Å². The molecule has 3 aromatic heterocycles. The molecule has 2 aromatic carbocycles. The predicted octanol–water partition coefficient (Wildman–Crippen LogP) is 5.15. The lowest BCUT2D eigenvalue weighted by atomic mass is 10.1. The van der Waals surface area contributed by atoms with Crippen LogP contribution in [0.3, 0.4) is 0 Å². The number of hydrogen-bond acceptors (Lipinski definition) is 7. The molecule has 0 unspecified atom stereocenters. The zero-order valence-corrected chi connectivity index (χ0v) is 19.9. The van der Waals surface area contributed by atoms with E-state index < -0.39 is 5.91 Å². The number of amides is 1. The highest BCUT2D eigenvalue weighted by Crippen LogP contribution is 2.32. The Hall–Kier alpha value is -3.82. The molecule has 3 heterocycles. The Morgan fingerprint density at radius 2 is 1.76 bits per heavy atom. The Bertz CT molecular complexity index is 1440. The number of rotatable bonds is 7. The molecule has 0 fully saturated rings. The van der Waals surface area contributed by atoms with E-state index >= 15 is 0 Å². The summed E-state index contributed by atoms with van der Waals surface area (Å²) in [5.41, 5.74) is 10.8. The van der Waals surface area contributed by atoms with E-state index in [2.05, 4.69) is 38.8 Å². The van der Waals surface area contributed by atoms with Crippen LogP contribution < -0.4 is 5.73 Å². The van der Waals surface area contributed by atoms with Crippen molar-refractivity contribution in [3.63, 3.8) is 0 Å². The van der Waals surface area contributed by atoms with Gasteiger partial charge in [0.05, 0.1) is 11.4 Å². The van der Waals surface area contributed by atoms with Crippen molar-refractivity contribution in [3.05, 3.63) is 95.3 Å². The topological polar surface area (TPSA) is 99.6 Å². The number of thiazole rings is 1. The Balaban J connectivity index is 1.42. The lowest BCUT2D eigenvalue weighted by Gasteiger charge is -2.12. The van der Waals surface area contributed by atoms with Crippen molar-refractivity contribution in [3.8, 4) is 27.6 Å². The smallest absolute Gasteiger partial charge is 0.248 e. The van der Waals surface area contributed by atoms with Gasteiger partial charge in [0, 0.05) is 40.2 Å². The molecule has 34 heavy (non-hydrogen) atoms. The summed E-state index contributed by atoms with van der Waals surface area (Å²) in [5, 5.41) is 12.7. The molecule has 0 aliphatic carbocycles. The summed E-state index contributed by atoms with van der Waals surface area (Å²) in [6, 6.07) is 19.2. The Labute approximate surface area is 204 Å². The van der Waals surface area contributed by atoms with Crippen LogP contribution in [0, 0.1) is 6.92 Å². The number of para-hydroxylation sites is 1. The first kappa shape index (κ1) is 22.0. The number of carbonyl (C=O) groups excluding carboxylic acids is 1. The molecule has 0 aliphatic heterocycles. The maximum atomic E-state index is 11.3. The number of primary amides is 1. The number of aromatic nitrogens is 5. The predicted molar refractivity (Wildman–Crippen MR) is 135 cm³/mol. The first-order valence-electron chi connectivity index (χ1n) is 10.5. The van der Waals surface area contributed by atoms with Crippen LogP contribution in [-0.2, 0) is 5.75 Å². The fraction of sp³-hybridized carbons (Fsp3) is 0.0800. The van der Waals surface area contributed by atoms with Crippen LogP contribution in [0.1, 0.15) is 21.6 Å². The molecule has 0 spiro atoms. The Morgan fingerprint density at radius 3 is 2.50 bits per heavy atom. The number of nitrogens with zero attached hydrogens (tertiary/aromatic N) is 5. The first-order valence-corrected chi connectivity index (χ1v) is 12.4. The number of thioether (sulfide) groups is 1. The normalized spacial score (nSPS) is 11.0. The average molecular weight is 485 g/mol. The molecule has 0 atom stereocenters. The lowest BCUT2D eigenvalue weighted by Crippen LogP contribution is -2.10. The van der Waals surface area contributed by atoms with Crippen molar-refractivity contribution in [2.75, 3.05) is 0 Å². The van der Waals surface area contributed by atoms with Crippen molar-refractivity contribution in [1.29, 1.82) is 0 Å². The minimum atomic E-state index is -0.438. The third-order valence-corrected chi connectivity index (χ3v) is 7.15. The zero-order chi connectivity index (χ0) is 23.5. The highest BCUT2D eigenvalue weighted by Gasteiger charge is 2.18. The van der Waals surface area contributed by atoms with E-state index in [-0.39, 0.29) is 0 Å². The summed E-state index contributed by atoms with van der Waals surface area (Å²) in [4.78, 5) is 20.2. The van der Waals surface area contributed by atoms with Crippen LogP contribution in [0.15, 0.2) is 83.6 Å². The molecule has 168 valence electrons. The van der Waals surface area contributed by atoms with Crippen LogP contribution in [-0.4, -0.2) is 30.6 Å². The monoisotopic (exact) mass is 484 g/mol. The first-order chi connectivity index (χ1) is 16.6. The largest absolute Gasteiger partial charge is 0.366 e. The van der Waals surface area contributed by atoms with E-state index in [1.54, 1.807) is 47.6 Å². The van der Waals surface area contributed by atoms with E-state index in [1.165, 1.54) is 0 Å². The fourth-order valence-corrected chi connectivity index (χ4v) is 5.27. The third kappa shape index (κ3) is 4.48. The second kappa shape index (κ2) is 9.58. The van der Waals surface area contributed by atoms with Gasteiger partial charge >= 0.3 is 0 Å². The standard InChI is InChI=1S/C25H20N6OS2/c1-16-4-2-3-5-21(16)31-23(18-10-12-27-13-11-18)29-30-25(31)34-15-20-14-33-24(28-20)19-8-6-17(7-9-19)22(26)32/h2-14H,15H2,1H3,(H2,26,32). The molecular weight excluding hydrogens is 464 g/mol. The van der Waals surface area contributed by atoms with Gasteiger partial charge < -0.3 is 5.73 Å². The molecule has 7 nitrogen and oxygen atoms in total. The maximum Gasteiger partial charge on any atom is 0.248 e. The highest BCUT2D eigenvalue weighted by atomic mass is 32.2. The van der Waals surface area contributed by atoms with Crippen molar-refractivity contribution < 1.29 is 4.79 Å². The van der Waals surface area contributed by atoms with Crippen molar-refractivity contribution >= 4 is 29.0 Å². The minimum Gasteiger partial charge on any atom is -0.366 e. The third-order valence-electron chi connectivity index (χ3n) is 5.25. The number of hydrogen-bond donors (Lipinski definition) is 1. The molecule has 5 rings (SSSR count). The number of nitrogens with two attached hydrogens (primary N) is 1. The van der Waals surface area contributed by atoms with Crippen LogP contribution in [0.2, 0.25) is 0 Å². The number of pyridine rings is 1. The molecular formula is C25H20N6OS2. The van der Waals surface area contributed by atoms with E-state index in [0.717, 1.165) is 44.1 Å². The summed E-state index contributed by atoms with van der Waals surface area (Å²) in [7, 11) is 0. The van der Waals surface area contributed by atoms with Gasteiger partial charge in [-0.1, -0.05) is 42.1 Å². The molecule has 0 saturated heterocycles. The van der Waals surface area contributed by atoms with Gasteiger partial charge in [-0.3, -0.25) is 14.3 Å². The van der Waals surface area contributed by atoms with E-state index in [4.69, 9.17) is 10.7 Å². The lowest BCUT2D eigenvalue weighted by molar-refractivity contribution is 0.100. The second-order valence-corrected chi connectivity index (χ2v) is 9.34. The van der Waals surface area contributed by atoms with Crippen molar-refractivity contribution in [2.45, 2.75) is 17.8 Å². The van der Waals surface area contributed by atoms with E-state index in [9.17, 15) is 4.79 Å². The van der Waals surface area contributed by atoms with Crippen molar-refractivity contribution in [1.82, 2.24) is 24.7 Å². The summed E-state index contributed by atoms with van der Waals surface area (Å²) in [6.07, 6.45) is 3.51. The molecule has 0 radical (unpaired) electrons. The van der Waals surface area contributed by atoms with Gasteiger partial charge in [-0.05, 0) is 42.8 Å². The molecule has 1 amide bonds. The maximum absolute atomic E-state index is 11.3. The fourth-order valence-electron chi connectivity index (χ4n) is 3.50. The molecule has 0 aliphatic rings. The summed E-state index contributed by atoms with van der Waals surface area (Å²) < 4.78 is 2.09. The van der Waals surface area contributed by atoms with E-state index in [1.807, 2.05) is 41.8 Å². The molecule has 0 saturated carbocycles. The molecule has 0 bridgehead atoms. The minimum absolute atomic E-state index is 0.438. The van der Waals surface area contributed by atoms with Gasteiger partial charge in [0.1, 0.15) is 5.01 Å². The highest BCUT2D eigenvalue weighted by molar-refractivity contribution is 7.98. The zero-order valence-electron chi connectivity index (χ0n) is 18.3. The van der Waals surface area contributed by atoms with Gasteiger partial charge in [-0.25, -0.2) is 4.98 Å². The van der Waals surface area contributed by atoms with Crippen LogP contribution in [0.4, 0.5) is 0 Å². The number of aryl methyl sites for hydroxylation is 1. The Morgan fingerprint density at radius 1 is 1.00 bits per heavy atom. The SMILES string of the molecule is Cc1ccccc1-n1c(SCc2csc(-c3ccc(C(N)=O)cc3)n2)nnc1-c1ccncc1.